The van der Waals surface area contributed by atoms with Gasteiger partial charge in [0.2, 0.25) is 5.91 Å². The van der Waals surface area contributed by atoms with Crippen molar-refractivity contribution in [2.45, 2.75) is 87.3 Å². The zero-order valence-electron chi connectivity index (χ0n) is 22.6. The van der Waals surface area contributed by atoms with Gasteiger partial charge < -0.3 is 5.73 Å². The number of aryl methyl sites for hydroxylation is 1. The van der Waals surface area contributed by atoms with Gasteiger partial charge in [-0.1, -0.05) is 44.2 Å². The van der Waals surface area contributed by atoms with Gasteiger partial charge in [0, 0.05) is 19.1 Å². The number of likely N-dealkylation sites (tertiary alicyclic amines) is 1. The molecule has 2 unspecified atom stereocenters. The first-order valence-corrected chi connectivity index (χ1v) is 15.2. The van der Waals surface area contributed by atoms with Crippen molar-refractivity contribution < 1.29 is 26.4 Å². The lowest BCUT2D eigenvalue weighted by molar-refractivity contribution is -0.139. The van der Waals surface area contributed by atoms with Gasteiger partial charge in [-0.25, -0.2) is 8.42 Å². The maximum absolute atomic E-state index is 14.4. The molecule has 1 heterocycles. The van der Waals surface area contributed by atoms with Gasteiger partial charge in [-0.3, -0.25) is 14.6 Å². The highest BCUT2D eigenvalue weighted by molar-refractivity contribution is 7.92. The Labute approximate surface area is 229 Å². The van der Waals surface area contributed by atoms with Crippen LogP contribution in [-0.4, -0.2) is 48.6 Å². The lowest BCUT2D eigenvalue weighted by Crippen LogP contribution is -2.60. The van der Waals surface area contributed by atoms with E-state index in [0.29, 0.717) is 25.8 Å². The fourth-order valence-corrected chi connectivity index (χ4v) is 8.84. The van der Waals surface area contributed by atoms with E-state index in [4.69, 9.17) is 5.73 Å². The highest BCUT2D eigenvalue weighted by atomic mass is 32.2. The summed E-state index contributed by atoms with van der Waals surface area (Å²) in [6.07, 6.45) is -1.92. The van der Waals surface area contributed by atoms with Crippen molar-refractivity contribution in [3.8, 4) is 0 Å². The molecule has 0 bridgehead atoms. The standard InChI is InChI=1S/C29H38F3N3O3S/c1-3-34(4-2)20-21-14-15-23-22(18-21)10-9-12-25(23)35-17-8-7-16-28(35,19-27(33)36)39(37,38)26-13-6-5-11-24(26)29(30,31)32/h5-6,11,13-15,18,25H,3-4,7-10,12,16-17,19-20H2,1-2H3,(H2,33,36). The lowest BCUT2D eigenvalue weighted by Gasteiger charge is -2.51. The monoisotopic (exact) mass is 565 g/mol. The van der Waals surface area contributed by atoms with Crippen LogP contribution in [0.3, 0.4) is 0 Å². The molecular formula is C29H38F3N3O3S. The molecule has 1 aliphatic heterocycles. The number of fused-ring (bicyclic) bond motifs is 1. The fraction of sp³-hybridized carbons (Fsp3) is 0.552. The second-order valence-corrected chi connectivity index (χ2v) is 12.8. The summed E-state index contributed by atoms with van der Waals surface area (Å²) >= 11 is 0. The molecule has 0 aromatic heterocycles. The van der Waals surface area contributed by atoms with Gasteiger partial charge in [-0.2, -0.15) is 13.2 Å². The Morgan fingerprint density at radius 1 is 1.10 bits per heavy atom. The molecule has 0 radical (unpaired) electrons. The van der Waals surface area contributed by atoms with Gasteiger partial charge in [0.15, 0.2) is 9.84 Å². The van der Waals surface area contributed by atoms with Crippen molar-refractivity contribution >= 4 is 15.7 Å². The van der Waals surface area contributed by atoms with Crippen molar-refractivity contribution in [3.05, 3.63) is 64.7 Å². The zero-order valence-corrected chi connectivity index (χ0v) is 23.5. The minimum atomic E-state index is -4.87. The van der Waals surface area contributed by atoms with E-state index in [1.807, 2.05) is 6.07 Å². The average molecular weight is 566 g/mol. The number of nitrogens with two attached hydrogens (primary N) is 1. The Hall–Kier alpha value is -2.43. The summed E-state index contributed by atoms with van der Waals surface area (Å²) in [5.41, 5.74) is 7.70. The Morgan fingerprint density at radius 2 is 1.82 bits per heavy atom. The summed E-state index contributed by atoms with van der Waals surface area (Å²) in [6.45, 7) is 7.25. The van der Waals surface area contributed by atoms with Crippen LogP contribution in [0.1, 0.15) is 80.7 Å². The highest BCUT2D eigenvalue weighted by Gasteiger charge is 2.55. The molecule has 0 spiro atoms. The molecule has 2 aliphatic rings. The average Bonchev–Trinajstić information content (AvgIpc) is 2.90. The topological polar surface area (TPSA) is 83.7 Å². The number of rotatable bonds is 9. The first-order valence-electron chi connectivity index (χ1n) is 13.7. The van der Waals surface area contributed by atoms with E-state index in [1.54, 1.807) is 4.90 Å². The largest absolute Gasteiger partial charge is 0.417 e. The van der Waals surface area contributed by atoms with E-state index in [9.17, 15) is 26.4 Å². The van der Waals surface area contributed by atoms with Crippen molar-refractivity contribution in [2.24, 2.45) is 5.73 Å². The molecule has 2 atom stereocenters. The minimum Gasteiger partial charge on any atom is -0.370 e. The molecule has 1 amide bonds. The van der Waals surface area contributed by atoms with Crippen LogP contribution in [0.2, 0.25) is 0 Å². The third-order valence-corrected chi connectivity index (χ3v) is 10.9. The molecule has 6 nitrogen and oxygen atoms in total. The quantitative estimate of drug-likeness (QED) is 0.437. The van der Waals surface area contributed by atoms with Crippen LogP contribution in [0.4, 0.5) is 13.2 Å². The van der Waals surface area contributed by atoms with Crippen LogP contribution in [0, 0.1) is 0 Å². The zero-order chi connectivity index (χ0) is 28.4. The Bertz CT molecular complexity index is 1290. The Morgan fingerprint density at radius 3 is 2.49 bits per heavy atom. The summed E-state index contributed by atoms with van der Waals surface area (Å²) < 4.78 is 70.7. The Balaban J connectivity index is 1.83. The normalized spacial score (nSPS) is 22.6. The van der Waals surface area contributed by atoms with Crippen molar-refractivity contribution in [1.29, 1.82) is 0 Å². The van der Waals surface area contributed by atoms with Gasteiger partial charge in [0.05, 0.1) is 16.9 Å². The van der Waals surface area contributed by atoms with Gasteiger partial charge in [0.1, 0.15) is 4.87 Å². The van der Waals surface area contributed by atoms with Crippen molar-refractivity contribution in [3.63, 3.8) is 0 Å². The van der Waals surface area contributed by atoms with E-state index < -0.39 is 43.7 Å². The first kappa shape index (κ1) is 29.6. The Kier molecular flexibility index (Phi) is 8.78. The molecule has 1 saturated heterocycles. The van der Waals surface area contributed by atoms with Crippen LogP contribution < -0.4 is 5.73 Å². The SMILES string of the molecule is CCN(CC)Cc1ccc2c(c1)CCCC2N1CCCCC1(CC(N)=O)S(=O)(=O)c1ccccc1C(F)(F)F. The first-order chi connectivity index (χ1) is 18.4. The second-order valence-electron chi connectivity index (χ2n) is 10.6. The molecule has 2 N–H and O–H groups in total. The number of carbonyl (C=O) groups excluding carboxylic acids is 1. The maximum atomic E-state index is 14.4. The number of sulfone groups is 1. The minimum absolute atomic E-state index is 0.0380. The third kappa shape index (κ3) is 5.74. The van der Waals surface area contributed by atoms with Crippen LogP contribution in [0.25, 0.3) is 0 Å². The van der Waals surface area contributed by atoms with E-state index in [-0.39, 0.29) is 12.5 Å². The van der Waals surface area contributed by atoms with Gasteiger partial charge in [-0.05, 0) is 80.4 Å². The molecule has 39 heavy (non-hydrogen) atoms. The predicted molar refractivity (Wildman–Crippen MR) is 144 cm³/mol. The van der Waals surface area contributed by atoms with Crippen molar-refractivity contribution in [1.82, 2.24) is 9.80 Å². The summed E-state index contributed by atoms with van der Waals surface area (Å²) in [4.78, 5) is 13.9. The molecule has 1 aliphatic carbocycles. The number of benzene rings is 2. The van der Waals surface area contributed by atoms with Crippen LogP contribution in [0.15, 0.2) is 47.4 Å². The molecular weight excluding hydrogens is 527 g/mol. The lowest BCUT2D eigenvalue weighted by atomic mass is 9.83. The van der Waals surface area contributed by atoms with Gasteiger partial charge >= 0.3 is 6.18 Å². The fourth-order valence-electron chi connectivity index (χ4n) is 6.43. The number of halogens is 3. The number of nitrogens with zero attached hydrogens (tertiary/aromatic N) is 2. The van der Waals surface area contributed by atoms with E-state index in [0.717, 1.165) is 55.7 Å². The second kappa shape index (κ2) is 11.6. The van der Waals surface area contributed by atoms with Crippen LogP contribution in [-0.2, 0) is 33.8 Å². The molecule has 1 fully saturated rings. The van der Waals surface area contributed by atoms with Crippen LogP contribution >= 0.6 is 0 Å². The number of alkyl halides is 3. The number of hydrogen-bond donors (Lipinski definition) is 1. The molecule has 0 saturated carbocycles. The van der Waals surface area contributed by atoms with E-state index >= 15 is 0 Å². The summed E-state index contributed by atoms with van der Waals surface area (Å²) in [5.74, 6) is -0.847. The van der Waals surface area contributed by atoms with E-state index in [2.05, 4.69) is 30.9 Å². The maximum Gasteiger partial charge on any atom is 0.417 e. The summed E-state index contributed by atoms with van der Waals surface area (Å²) in [7, 11) is -4.67. The number of hydrogen-bond acceptors (Lipinski definition) is 5. The number of piperidine rings is 1. The van der Waals surface area contributed by atoms with Gasteiger partial charge in [-0.15, -0.1) is 0 Å². The number of amides is 1. The number of primary amides is 1. The molecule has 2 aromatic rings. The molecule has 2 aromatic carbocycles. The van der Waals surface area contributed by atoms with E-state index in [1.165, 1.54) is 17.7 Å². The predicted octanol–water partition coefficient (Wildman–Crippen LogP) is 5.46. The number of carbonyl (C=O) groups is 1. The molecule has 214 valence electrons. The molecule has 10 heteroatoms. The highest BCUT2D eigenvalue weighted by Crippen LogP contribution is 2.49. The summed E-state index contributed by atoms with van der Waals surface area (Å²) in [5, 5.41) is 0. The third-order valence-electron chi connectivity index (χ3n) is 8.34. The van der Waals surface area contributed by atoms with Gasteiger partial charge in [0.25, 0.3) is 0 Å². The van der Waals surface area contributed by atoms with Crippen LogP contribution in [0.5, 0.6) is 0 Å². The molecule has 4 rings (SSSR count). The smallest absolute Gasteiger partial charge is 0.370 e. The summed E-state index contributed by atoms with van der Waals surface area (Å²) in [6, 6.07) is 10.2. The van der Waals surface area contributed by atoms with Crippen molar-refractivity contribution in [2.75, 3.05) is 19.6 Å².